The van der Waals surface area contributed by atoms with Gasteiger partial charge in [-0.25, -0.2) is 9.78 Å². The molecule has 114 valence electrons. The van der Waals surface area contributed by atoms with Crippen LogP contribution < -0.4 is 10.6 Å². The van der Waals surface area contributed by atoms with Crippen molar-refractivity contribution in [3.63, 3.8) is 0 Å². The van der Waals surface area contributed by atoms with E-state index in [9.17, 15) is 4.79 Å². The van der Waals surface area contributed by atoms with Crippen molar-refractivity contribution in [3.8, 4) is 6.07 Å². The molecular formula is C14H17N7O. The highest BCUT2D eigenvalue weighted by Gasteiger charge is 2.15. The molecule has 0 saturated heterocycles. The molecule has 0 saturated carbocycles. The summed E-state index contributed by atoms with van der Waals surface area (Å²) < 4.78 is 1.91. The molecular weight excluding hydrogens is 282 g/mol. The fraction of sp³-hybridized carbons (Fsp3) is 0.357. The minimum Gasteiger partial charge on any atom is -0.328 e. The zero-order chi connectivity index (χ0) is 15.9. The van der Waals surface area contributed by atoms with Gasteiger partial charge in [-0.3, -0.25) is 0 Å². The first kappa shape index (κ1) is 15.4. The summed E-state index contributed by atoms with van der Waals surface area (Å²) >= 11 is 0. The van der Waals surface area contributed by atoms with E-state index in [-0.39, 0.29) is 12.1 Å². The van der Waals surface area contributed by atoms with E-state index in [2.05, 4.69) is 32.7 Å². The molecule has 0 radical (unpaired) electrons. The second-order valence-corrected chi connectivity index (χ2v) is 4.75. The largest absolute Gasteiger partial charge is 0.328 e. The fourth-order valence-electron chi connectivity index (χ4n) is 1.97. The van der Waals surface area contributed by atoms with Gasteiger partial charge < -0.3 is 15.2 Å². The molecule has 22 heavy (non-hydrogen) atoms. The minimum absolute atomic E-state index is 0.277. The van der Waals surface area contributed by atoms with Crippen molar-refractivity contribution < 1.29 is 4.79 Å². The number of aromatic nitrogens is 4. The van der Waals surface area contributed by atoms with Crippen LogP contribution in [0.3, 0.4) is 0 Å². The van der Waals surface area contributed by atoms with Crippen LogP contribution in [-0.4, -0.2) is 25.8 Å². The zero-order valence-electron chi connectivity index (χ0n) is 12.4. The van der Waals surface area contributed by atoms with Crippen LogP contribution in [-0.2, 0) is 6.54 Å². The lowest BCUT2D eigenvalue weighted by atomic mass is 10.3. The molecule has 2 N–H and O–H groups in total. The Morgan fingerprint density at radius 3 is 2.95 bits per heavy atom. The van der Waals surface area contributed by atoms with Crippen molar-refractivity contribution in [3.05, 3.63) is 36.2 Å². The number of urea groups is 1. The van der Waals surface area contributed by atoms with Gasteiger partial charge in [-0.1, -0.05) is 6.92 Å². The smallest absolute Gasteiger partial charge is 0.319 e. The fourth-order valence-corrected chi connectivity index (χ4v) is 1.97. The molecule has 8 heteroatoms. The van der Waals surface area contributed by atoms with Crippen molar-refractivity contribution in [2.24, 2.45) is 0 Å². The Kier molecular flexibility index (Phi) is 5.03. The predicted octanol–water partition coefficient (Wildman–Crippen LogP) is 1.84. The van der Waals surface area contributed by atoms with Crippen molar-refractivity contribution in [1.82, 2.24) is 25.1 Å². The molecule has 8 nitrogen and oxygen atoms in total. The van der Waals surface area contributed by atoms with E-state index in [1.165, 1.54) is 12.3 Å². The second kappa shape index (κ2) is 7.17. The first-order valence-electron chi connectivity index (χ1n) is 6.95. The van der Waals surface area contributed by atoms with Gasteiger partial charge in [0.15, 0.2) is 5.82 Å². The number of carbonyl (C=O) groups is 1. The molecule has 0 spiro atoms. The Bertz CT molecular complexity index is 671. The SMILES string of the molecule is CCCn1cnnc1[C@@H](C)NC(=O)Nc1ccc(C#N)nc1. The molecule has 0 unspecified atom stereocenters. The van der Waals surface area contributed by atoms with E-state index in [4.69, 9.17) is 5.26 Å². The van der Waals surface area contributed by atoms with Crippen LogP contribution in [0.15, 0.2) is 24.7 Å². The zero-order valence-corrected chi connectivity index (χ0v) is 12.4. The Morgan fingerprint density at radius 2 is 2.32 bits per heavy atom. The summed E-state index contributed by atoms with van der Waals surface area (Å²) in [5, 5.41) is 22.0. The highest BCUT2D eigenvalue weighted by atomic mass is 16.2. The summed E-state index contributed by atoms with van der Waals surface area (Å²) in [4.78, 5) is 15.9. The Morgan fingerprint density at radius 1 is 1.50 bits per heavy atom. The molecule has 0 fully saturated rings. The van der Waals surface area contributed by atoms with E-state index in [1.807, 2.05) is 17.6 Å². The van der Waals surface area contributed by atoms with Crippen LogP contribution in [0, 0.1) is 11.3 Å². The van der Waals surface area contributed by atoms with Crippen molar-refractivity contribution in [2.75, 3.05) is 5.32 Å². The molecule has 0 aromatic carbocycles. The number of nitriles is 1. The first-order chi connectivity index (χ1) is 10.6. The highest BCUT2D eigenvalue weighted by Crippen LogP contribution is 2.10. The maximum absolute atomic E-state index is 12.0. The Labute approximate surface area is 128 Å². The number of hydrogen-bond donors (Lipinski definition) is 2. The number of nitrogens with one attached hydrogen (secondary N) is 2. The van der Waals surface area contributed by atoms with E-state index in [1.54, 1.807) is 12.4 Å². The number of aryl methyl sites for hydroxylation is 1. The number of pyridine rings is 1. The van der Waals surface area contributed by atoms with E-state index in [0.29, 0.717) is 17.2 Å². The molecule has 2 aromatic rings. The summed E-state index contributed by atoms with van der Waals surface area (Å²) in [5.41, 5.74) is 0.811. The van der Waals surface area contributed by atoms with Gasteiger partial charge in [0, 0.05) is 6.54 Å². The van der Waals surface area contributed by atoms with Crippen molar-refractivity contribution >= 4 is 11.7 Å². The number of rotatable bonds is 5. The highest BCUT2D eigenvalue weighted by molar-refractivity contribution is 5.89. The number of nitrogens with zero attached hydrogens (tertiary/aromatic N) is 5. The lowest BCUT2D eigenvalue weighted by Crippen LogP contribution is -2.32. The average molecular weight is 299 g/mol. The molecule has 2 amide bonds. The van der Waals surface area contributed by atoms with Gasteiger partial charge in [-0.15, -0.1) is 10.2 Å². The van der Waals surface area contributed by atoms with Gasteiger partial charge in [0.05, 0.1) is 17.9 Å². The summed E-state index contributed by atoms with van der Waals surface area (Å²) in [5.74, 6) is 0.704. The number of carbonyl (C=O) groups excluding carboxylic acids is 1. The summed E-state index contributed by atoms with van der Waals surface area (Å²) in [6.45, 7) is 4.70. The van der Waals surface area contributed by atoms with Crippen LogP contribution in [0.25, 0.3) is 0 Å². The quantitative estimate of drug-likeness (QED) is 0.875. The van der Waals surface area contributed by atoms with Crippen LogP contribution in [0.1, 0.15) is 37.8 Å². The van der Waals surface area contributed by atoms with Crippen molar-refractivity contribution in [1.29, 1.82) is 5.26 Å². The molecule has 2 aromatic heterocycles. The molecule has 0 aliphatic rings. The van der Waals surface area contributed by atoms with Gasteiger partial charge >= 0.3 is 6.03 Å². The molecule has 0 aliphatic carbocycles. The normalized spacial score (nSPS) is 11.5. The van der Waals surface area contributed by atoms with Gasteiger partial charge in [-0.05, 0) is 25.5 Å². The summed E-state index contributed by atoms with van der Waals surface area (Å²) in [7, 11) is 0. The minimum atomic E-state index is -0.370. The third kappa shape index (κ3) is 3.79. The maximum Gasteiger partial charge on any atom is 0.319 e. The van der Waals surface area contributed by atoms with Gasteiger partial charge in [0.25, 0.3) is 0 Å². The number of amides is 2. The average Bonchev–Trinajstić information content (AvgIpc) is 2.96. The van der Waals surface area contributed by atoms with Gasteiger partial charge in [0.2, 0.25) is 0 Å². The number of anilines is 1. The first-order valence-corrected chi connectivity index (χ1v) is 6.95. The molecule has 2 rings (SSSR count). The molecule has 0 aliphatic heterocycles. The summed E-state index contributed by atoms with van der Waals surface area (Å²) in [6.07, 6.45) is 4.04. The second-order valence-electron chi connectivity index (χ2n) is 4.75. The van der Waals surface area contributed by atoms with Crippen LogP contribution in [0.2, 0.25) is 0 Å². The Hall–Kier alpha value is -2.95. The molecule has 0 bridgehead atoms. The third-order valence-electron chi connectivity index (χ3n) is 2.98. The molecule has 2 heterocycles. The Balaban J connectivity index is 1.96. The summed E-state index contributed by atoms with van der Waals surface area (Å²) in [6, 6.07) is 4.43. The van der Waals surface area contributed by atoms with Crippen molar-refractivity contribution in [2.45, 2.75) is 32.9 Å². The van der Waals surface area contributed by atoms with E-state index in [0.717, 1.165) is 13.0 Å². The lowest BCUT2D eigenvalue weighted by Gasteiger charge is -2.15. The van der Waals surface area contributed by atoms with Gasteiger partial charge in [0.1, 0.15) is 18.1 Å². The molecule has 1 atom stereocenters. The van der Waals surface area contributed by atoms with Crippen LogP contribution in [0.4, 0.5) is 10.5 Å². The predicted molar refractivity (Wildman–Crippen MR) is 79.8 cm³/mol. The van der Waals surface area contributed by atoms with Crippen LogP contribution >= 0.6 is 0 Å². The van der Waals surface area contributed by atoms with Gasteiger partial charge in [-0.2, -0.15) is 5.26 Å². The van der Waals surface area contributed by atoms with E-state index < -0.39 is 0 Å². The lowest BCUT2D eigenvalue weighted by molar-refractivity contribution is 0.248. The third-order valence-corrected chi connectivity index (χ3v) is 2.98. The maximum atomic E-state index is 12.0. The standard InChI is InChI=1S/C14H17N7O/c1-3-6-21-9-17-20-13(21)10(2)18-14(22)19-12-5-4-11(7-15)16-8-12/h4-5,8-10H,3,6H2,1-2H3,(H2,18,19,22)/t10-/m1/s1. The van der Waals surface area contributed by atoms with E-state index >= 15 is 0 Å². The van der Waals surface area contributed by atoms with Crippen LogP contribution in [0.5, 0.6) is 0 Å². The monoisotopic (exact) mass is 299 g/mol. The topological polar surface area (TPSA) is 109 Å². The number of hydrogen-bond acceptors (Lipinski definition) is 5.